The Kier molecular flexibility index (Phi) is 4.16. The zero-order chi connectivity index (χ0) is 12.3. The molecule has 0 spiro atoms. The SMILES string of the molecule is Cc1ccc(C)c(SCC2(O)CCCCC2)c1. The van der Waals surface area contributed by atoms with Crippen LogP contribution in [0.3, 0.4) is 0 Å². The van der Waals surface area contributed by atoms with E-state index in [2.05, 4.69) is 32.0 Å². The van der Waals surface area contributed by atoms with E-state index in [-0.39, 0.29) is 0 Å². The number of hydrogen-bond acceptors (Lipinski definition) is 2. The van der Waals surface area contributed by atoms with Crippen LogP contribution in [0.25, 0.3) is 0 Å². The molecular formula is C15H22OS. The van der Waals surface area contributed by atoms with Gasteiger partial charge in [0.05, 0.1) is 5.60 Å². The van der Waals surface area contributed by atoms with E-state index < -0.39 is 5.60 Å². The highest BCUT2D eigenvalue weighted by Crippen LogP contribution is 2.34. The lowest BCUT2D eigenvalue weighted by atomic mass is 9.86. The van der Waals surface area contributed by atoms with E-state index in [0.29, 0.717) is 0 Å². The minimum Gasteiger partial charge on any atom is -0.389 e. The third-order valence-corrected chi connectivity index (χ3v) is 5.06. The van der Waals surface area contributed by atoms with Gasteiger partial charge in [-0.3, -0.25) is 0 Å². The molecule has 0 bridgehead atoms. The summed E-state index contributed by atoms with van der Waals surface area (Å²) in [5, 5.41) is 10.5. The van der Waals surface area contributed by atoms with Crippen molar-refractivity contribution in [2.24, 2.45) is 0 Å². The zero-order valence-corrected chi connectivity index (χ0v) is 11.6. The molecule has 0 amide bonds. The summed E-state index contributed by atoms with van der Waals surface area (Å²) in [7, 11) is 0. The average Bonchev–Trinajstić information content (AvgIpc) is 2.31. The van der Waals surface area contributed by atoms with E-state index in [1.807, 2.05) is 11.8 Å². The van der Waals surface area contributed by atoms with Gasteiger partial charge in [-0.05, 0) is 38.3 Å². The quantitative estimate of drug-likeness (QED) is 0.815. The third-order valence-electron chi connectivity index (χ3n) is 3.62. The lowest BCUT2D eigenvalue weighted by molar-refractivity contribution is 0.0273. The highest BCUT2D eigenvalue weighted by molar-refractivity contribution is 7.99. The first kappa shape index (κ1) is 13.0. The molecule has 1 N–H and O–H groups in total. The van der Waals surface area contributed by atoms with E-state index in [9.17, 15) is 5.11 Å². The van der Waals surface area contributed by atoms with Crippen LogP contribution in [-0.4, -0.2) is 16.5 Å². The van der Waals surface area contributed by atoms with Gasteiger partial charge in [-0.25, -0.2) is 0 Å². The van der Waals surface area contributed by atoms with Crippen LogP contribution in [0.15, 0.2) is 23.1 Å². The Morgan fingerprint density at radius 1 is 1.18 bits per heavy atom. The molecule has 0 atom stereocenters. The van der Waals surface area contributed by atoms with Crippen LogP contribution in [0.2, 0.25) is 0 Å². The number of benzene rings is 1. The van der Waals surface area contributed by atoms with Crippen molar-refractivity contribution in [3.8, 4) is 0 Å². The molecular weight excluding hydrogens is 228 g/mol. The minimum atomic E-state index is -0.418. The van der Waals surface area contributed by atoms with Crippen LogP contribution in [0.4, 0.5) is 0 Å². The second kappa shape index (κ2) is 5.45. The summed E-state index contributed by atoms with van der Waals surface area (Å²) >= 11 is 1.82. The molecule has 2 rings (SSSR count). The molecule has 0 unspecified atom stereocenters. The molecule has 0 aromatic heterocycles. The molecule has 1 aromatic rings. The lowest BCUT2D eigenvalue weighted by Crippen LogP contribution is -2.33. The molecule has 1 aromatic carbocycles. The second-order valence-corrected chi connectivity index (χ2v) is 6.36. The Morgan fingerprint density at radius 3 is 2.59 bits per heavy atom. The van der Waals surface area contributed by atoms with Crippen LogP contribution in [0, 0.1) is 13.8 Å². The highest BCUT2D eigenvalue weighted by Gasteiger charge is 2.29. The molecule has 0 aliphatic heterocycles. The van der Waals surface area contributed by atoms with Gasteiger partial charge < -0.3 is 5.11 Å². The normalized spacial score (nSPS) is 19.2. The number of aliphatic hydroxyl groups is 1. The first-order valence-electron chi connectivity index (χ1n) is 6.52. The molecule has 1 fully saturated rings. The van der Waals surface area contributed by atoms with Crippen LogP contribution in [-0.2, 0) is 0 Å². The maximum atomic E-state index is 10.5. The summed E-state index contributed by atoms with van der Waals surface area (Å²) in [5.74, 6) is 0.845. The van der Waals surface area contributed by atoms with Crippen LogP contribution >= 0.6 is 11.8 Å². The van der Waals surface area contributed by atoms with Gasteiger partial charge in [0.2, 0.25) is 0 Å². The van der Waals surface area contributed by atoms with Gasteiger partial charge in [0.15, 0.2) is 0 Å². The fraction of sp³-hybridized carbons (Fsp3) is 0.600. The maximum absolute atomic E-state index is 10.5. The van der Waals surface area contributed by atoms with Gasteiger partial charge >= 0.3 is 0 Å². The molecule has 2 heteroatoms. The molecule has 1 saturated carbocycles. The predicted molar refractivity (Wildman–Crippen MR) is 74.7 cm³/mol. The first-order valence-corrected chi connectivity index (χ1v) is 7.50. The standard InChI is InChI=1S/C15H22OS/c1-12-6-7-13(2)14(10-12)17-11-15(16)8-4-3-5-9-15/h6-7,10,16H,3-5,8-9,11H2,1-2H3. The molecule has 94 valence electrons. The van der Waals surface area contributed by atoms with Crippen molar-refractivity contribution >= 4 is 11.8 Å². The Balaban J connectivity index is 1.99. The maximum Gasteiger partial charge on any atom is 0.0741 e. The number of rotatable bonds is 3. The topological polar surface area (TPSA) is 20.2 Å². The molecule has 0 heterocycles. The summed E-state index contributed by atoms with van der Waals surface area (Å²) in [6.45, 7) is 4.27. The van der Waals surface area contributed by atoms with Crippen LogP contribution in [0.5, 0.6) is 0 Å². The largest absolute Gasteiger partial charge is 0.389 e. The monoisotopic (exact) mass is 250 g/mol. The van der Waals surface area contributed by atoms with E-state index in [0.717, 1.165) is 18.6 Å². The Hall–Kier alpha value is -0.470. The van der Waals surface area contributed by atoms with Gasteiger partial charge in [-0.1, -0.05) is 37.0 Å². The fourth-order valence-electron chi connectivity index (χ4n) is 2.43. The zero-order valence-electron chi connectivity index (χ0n) is 10.8. The number of thioether (sulfide) groups is 1. The van der Waals surface area contributed by atoms with Crippen molar-refractivity contribution < 1.29 is 5.11 Å². The minimum absolute atomic E-state index is 0.418. The lowest BCUT2D eigenvalue weighted by Gasteiger charge is -2.31. The van der Waals surface area contributed by atoms with Crippen molar-refractivity contribution in [2.45, 2.75) is 56.4 Å². The van der Waals surface area contributed by atoms with Gasteiger partial charge in [-0.15, -0.1) is 11.8 Å². The van der Waals surface area contributed by atoms with Gasteiger partial charge in [0.25, 0.3) is 0 Å². The Labute approximate surface area is 109 Å². The van der Waals surface area contributed by atoms with E-state index in [1.54, 1.807) is 0 Å². The molecule has 0 saturated heterocycles. The van der Waals surface area contributed by atoms with Crippen LogP contribution < -0.4 is 0 Å². The molecule has 1 aliphatic rings. The summed E-state index contributed by atoms with van der Waals surface area (Å²) < 4.78 is 0. The van der Waals surface area contributed by atoms with Crippen molar-refractivity contribution in [3.05, 3.63) is 29.3 Å². The summed E-state index contributed by atoms with van der Waals surface area (Å²) in [4.78, 5) is 1.32. The number of hydrogen-bond donors (Lipinski definition) is 1. The van der Waals surface area contributed by atoms with Gasteiger partial charge in [0.1, 0.15) is 0 Å². The van der Waals surface area contributed by atoms with Crippen molar-refractivity contribution in [1.29, 1.82) is 0 Å². The van der Waals surface area contributed by atoms with Gasteiger partial charge in [0, 0.05) is 10.6 Å². The van der Waals surface area contributed by atoms with Crippen LogP contribution in [0.1, 0.15) is 43.2 Å². The number of aryl methyl sites for hydroxylation is 2. The van der Waals surface area contributed by atoms with E-state index in [1.165, 1.54) is 35.3 Å². The smallest absolute Gasteiger partial charge is 0.0741 e. The third kappa shape index (κ3) is 3.49. The first-order chi connectivity index (χ1) is 8.09. The molecule has 17 heavy (non-hydrogen) atoms. The van der Waals surface area contributed by atoms with Crippen molar-refractivity contribution in [3.63, 3.8) is 0 Å². The average molecular weight is 250 g/mol. The molecule has 0 radical (unpaired) electrons. The van der Waals surface area contributed by atoms with Crippen molar-refractivity contribution in [2.75, 3.05) is 5.75 Å². The van der Waals surface area contributed by atoms with E-state index in [4.69, 9.17) is 0 Å². The predicted octanol–water partition coefficient (Wildman–Crippen LogP) is 4.09. The Morgan fingerprint density at radius 2 is 1.88 bits per heavy atom. The molecule has 1 nitrogen and oxygen atoms in total. The highest BCUT2D eigenvalue weighted by atomic mass is 32.2. The fourth-order valence-corrected chi connectivity index (χ4v) is 3.71. The van der Waals surface area contributed by atoms with Crippen molar-refractivity contribution in [1.82, 2.24) is 0 Å². The second-order valence-electron chi connectivity index (χ2n) is 5.34. The summed E-state index contributed by atoms with van der Waals surface area (Å²) in [6, 6.07) is 6.55. The Bertz CT molecular complexity index is 381. The van der Waals surface area contributed by atoms with E-state index >= 15 is 0 Å². The molecule has 1 aliphatic carbocycles. The summed E-state index contributed by atoms with van der Waals surface area (Å²) in [5.41, 5.74) is 2.20. The summed E-state index contributed by atoms with van der Waals surface area (Å²) in [6.07, 6.45) is 5.61. The van der Waals surface area contributed by atoms with Gasteiger partial charge in [-0.2, -0.15) is 0 Å².